The van der Waals surface area contributed by atoms with E-state index in [1.807, 2.05) is 60.6 Å². The Hall–Kier alpha value is -2.82. The standard InChI is InChI=1S/C20H22N4O/c1-21-19-18-11-7-12-23(18)14-16(22-19)17-10-5-6-13-24(17)20(25)15-8-3-2-4-9-15/h2-4,7-9,11-12,14,17H,5-6,10,13H2,1H3,(H,21,22). The van der Waals surface area contributed by atoms with Gasteiger partial charge in [0.05, 0.1) is 17.3 Å². The van der Waals surface area contributed by atoms with Crippen LogP contribution in [0.25, 0.3) is 5.52 Å². The average molecular weight is 334 g/mol. The Morgan fingerprint density at radius 2 is 2.00 bits per heavy atom. The number of nitrogens with one attached hydrogen (secondary N) is 1. The van der Waals surface area contributed by atoms with Gasteiger partial charge in [-0.15, -0.1) is 0 Å². The number of nitrogens with zero attached hydrogens (tertiary/aromatic N) is 3. The van der Waals surface area contributed by atoms with Crippen LogP contribution in [0, 0.1) is 0 Å². The highest BCUT2D eigenvalue weighted by Crippen LogP contribution is 2.32. The number of amides is 1. The zero-order chi connectivity index (χ0) is 17.2. The van der Waals surface area contributed by atoms with Crippen molar-refractivity contribution in [2.24, 2.45) is 0 Å². The Bertz CT molecular complexity index is 887. The lowest BCUT2D eigenvalue weighted by Crippen LogP contribution is -2.39. The molecule has 0 bridgehead atoms. The van der Waals surface area contributed by atoms with Crippen molar-refractivity contribution >= 4 is 17.2 Å². The molecule has 1 N–H and O–H groups in total. The van der Waals surface area contributed by atoms with Gasteiger partial charge in [0.15, 0.2) is 0 Å². The lowest BCUT2D eigenvalue weighted by Gasteiger charge is -2.35. The molecule has 1 fully saturated rings. The minimum atomic E-state index is 0.0142. The number of carbonyl (C=O) groups excluding carboxylic acids is 1. The Kier molecular flexibility index (Phi) is 4.14. The molecule has 0 radical (unpaired) electrons. The summed E-state index contributed by atoms with van der Waals surface area (Å²) in [4.78, 5) is 19.8. The fraction of sp³-hybridized carbons (Fsp3) is 0.300. The highest BCUT2D eigenvalue weighted by atomic mass is 16.2. The Balaban J connectivity index is 1.73. The maximum Gasteiger partial charge on any atom is 0.254 e. The van der Waals surface area contributed by atoms with Crippen molar-refractivity contribution in [3.05, 3.63) is 66.1 Å². The smallest absolute Gasteiger partial charge is 0.254 e. The van der Waals surface area contributed by atoms with E-state index in [-0.39, 0.29) is 11.9 Å². The number of hydrogen-bond acceptors (Lipinski definition) is 3. The van der Waals surface area contributed by atoms with Gasteiger partial charge in [-0.2, -0.15) is 0 Å². The number of fused-ring (bicyclic) bond motifs is 1. The molecule has 3 aromatic rings. The number of hydrogen-bond donors (Lipinski definition) is 1. The van der Waals surface area contributed by atoms with Crippen molar-refractivity contribution in [3.8, 4) is 0 Å². The van der Waals surface area contributed by atoms with E-state index in [9.17, 15) is 4.79 Å². The fourth-order valence-electron chi connectivity index (χ4n) is 3.64. The van der Waals surface area contributed by atoms with Crippen LogP contribution in [-0.2, 0) is 0 Å². The van der Waals surface area contributed by atoms with E-state index < -0.39 is 0 Å². The molecule has 1 aliphatic heterocycles. The van der Waals surface area contributed by atoms with Crippen LogP contribution in [-0.4, -0.2) is 33.8 Å². The number of likely N-dealkylation sites (tertiary alicyclic amines) is 1. The van der Waals surface area contributed by atoms with Gasteiger partial charge in [-0.05, 0) is 43.5 Å². The summed E-state index contributed by atoms with van der Waals surface area (Å²) in [6.07, 6.45) is 7.18. The third-order valence-corrected chi connectivity index (χ3v) is 4.90. The number of piperidine rings is 1. The lowest BCUT2D eigenvalue weighted by molar-refractivity contribution is 0.0605. The van der Waals surface area contributed by atoms with Gasteiger partial charge in [0, 0.05) is 31.5 Å². The van der Waals surface area contributed by atoms with Crippen molar-refractivity contribution in [2.45, 2.75) is 25.3 Å². The quantitative estimate of drug-likeness (QED) is 0.794. The summed E-state index contributed by atoms with van der Waals surface area (Å²) in [7, 11) is 1.88. The van der Waals surface area contributed by atoms with Crippen LogP contribution in [0.2, 0.25) is 0 Å². The highest BCUT2D eigenvalue weighted by Gasteiger charge is 2.30. The van der Waals surface area contributed by atoms with Crippen molar-refractivity contribution in [1.82, 2.24) is 14.3 Å². The van der Waals surface area contributed by atoms with Gasteiger partial charge in [-0.25, -0.2) is 4.98 Å². The van der Waals surface area contributed by atoms with E-state index in [0.717, 1.165) is 48.4 Å². The first-order chi connectivity index (χ1) is 12.3. The minimum Gasteiger partial charge on any atom is -0.371 e. The van der Waals surface area contributed by atoms with Gasteiger partial charge >= 0.3 is 0 Å². The summed E-state index contributed by atoms with van der Waals surface area (Å²) in [5.41, 5.74) is 2.73. The third kappa shape index (κ3) is 2.86. The molecule has 0 aliphatic carbocycles. The zero-order valence-corrected chi connectivity index (χ0v) is 14.4. The molecule has 1 aliphatic rings. The summed E-state index contributed by atoms with van der Waals surface area (Å²) in [5, 5.41) is 3.18. The van der Waals surface area contributed by atoms with E-state index in [1.165, 1.54) is 0 Å². The number of rotatable bonds is 3. The first kappa shape index (κ1) is 15.7. The summed E-state index contributed by atoms with van der Waals surface area (Å²) in [6.45, 7) is 0.776. The van der Waals surface area contributed by atoms with Gasteiger partial charge in [0.2, 0.25) is 0 Å². The van der Waals surface area contributed by atoms with Crippen LogP contribution in [0.4, 0.5) is 5.82 Å². The summed E-state index contributed by atoms with van der Waals surface area (Å²) in [6, 6.07) is 13.6. The number of aromatic nitrogens is 2. The zero-order valence-electron chi connectivity index (χ0n) is 14.4. The second-order valence-electron chi connectivity index (χ2n) is 6.44. The van der Waals surface area contributed by atoms with E-state index in [2.05, 4.69) is 15.9 Å². The summed E-state index contributed by atoms with van der Waals surface area (Å²) < 4.78 is 2.08. The van der Waals surface area contributed by atoms with E-state index >= 15 is 0 Å². The lowest BCUT2D eigenvalue weighted by atomic mass is 9.98. The molecule has 2 aromatic heterocycles. The number of anilines is 1. The first-order valence-electron chi connectivity index (χ1n) is 8.79. The fourth-order valence-corrected chi connectivity index (χ4v) is 3.64. The van der Waals surface area contributed by atoms with Gasteiger partial charge in [-0.3, -0.25) is 4.79 Å². The van der Waals surface area contributed by atoms with Crippen molar-refractivity contribution in [2.75, 3.05) is 18.9 Å². The second-order valence-corrected chi connectivity index (χ2v) is 6.44. The molecule has 5 heteroatoms. The predicted octanol–water partition coefficient (Wildman–Crippen LogP) is 3.74. The Morgan fingerprint density at radius 3 is 2.80 bits per heavy atom. The minimum absolute atomic E-state index is 0.0142. The molecule has 1 amide bonds. The molecule has 1 unspecified atom stereocenters. The molecule has 4 rings (SSSR count). The molecular formula is C20H22N4O. The van der Waals surface area contributed by atoms with Gasteiger partial charge in [0.25, 0.3) is 5.91 Å². The number of carbonyl (C=O) groups is 1. The van der Waals surface area contributed by atoms with Crippen LogP contribution in [0.3, 0.4) is 0 Å². The molecule has 128 valence electrons. The summed E-state index contributed by atoms with van der Waals surface area (Å²) in [5.74, 6) is 0.936. The van der Waals surface area contributed by atoms with Crippen LogP contribution in [0.1, 0.15) is 41.4 Å². The molecule has 25 heavy (non-hydrogen) atoms. The monoisotopic (exact) mass is 334 g/mol. The van der Waals surface area contributed by atoms with Crippen molar-refractivity contribution in [1.29, 1.82) is 0 Å². The summed E-state index contributed by atoms with van der Waals surface area (Å²) >= 11 is 0. The van der Waals surface area contributed by atoms with E-state index in [4.69, 9.17) is 4.98 Å². The molecular weight excluding hydrogens is 312 g/mol. The Labute approximate surface area is 147 Å². The average Bonchev–Trinajstić information content (AvgIpc) is 3.16. The van der Waals surface area contributed by atoms with E-state index in [0.29, 0.717) is 0 Å². The van der Waals surface area contributed by atoms with Crippen molar-refractivity contribution < 1.29 is 4.79 Å². The molecule has 3 heterocycles. The maximum atomic E-state index is 13.0. The topological polar surface area (TPSA) is 49.6 Å². The largest absolute Gasteiger partial charge is 0.371 e. The SMILES string of the molecule is CNc1nc(C2CCCCN2C(=O)c2ccccc2)cn2cccc12. The molecule has 0 spiro atoms. The third-order valence-electron chi connectivity index (χ3n) is 4.90. The second kappa shape index (κ2) is 6.59. The maximum absolute atomic E-state index is 13.0. The number of benzene rings is 1. The van der Waals surface area contributed by atoms with Crippen LogP contribution in [0.5, 0.6) is 0 Å². The molecule has 0 saturated carbocycles. The van der Waals surface area contributed by atoms with E-state index in [1.54, 1.807) is 0 Å². The predicted molar refractivity (Wildman–Crippen MR) is 98.8 cm³/mol. The van der Waals surface area contributed by atoms with Gasteiger partial charge in [-0.1, -0.05) is 18.2 Å². The van der Waals surface area contributed by atoms with Crippen molar-refractivity contribution in [3.63, 3.8) is 0 Å². The van der Waals surface area contributed by atoms with Gasteiger partial charge in [0.1, 0.15) is 5.82 Å². The van der Waals surface area contributed by atoms with Gasteiger partial charge < -0.3 is 14.6 Å². The molecule has 1 atom stereocenters. The molecule has 5 nitrogen and oxygen atoms in total. The highest BCUT2D eigenvalue weighted by molar-refractivity contribution is 5.94. The van der Waals surface area contributed by atoms with Crippen LogP contribution in [0.15, 0.2) is 54.9 Å². The molecule has 1 aromatic carbocycles. The Morgan fingerprint density at radius 1 is 1.16 bits per heavy atom. The normalized spacial score (nSPS) is 17.6. The van der Waals surface area contributed by atoms with Crippen LogP contribution >= 0.6 is 0 Å². The first-order valence-corrected chi connectivity index (χ1v) is 8.79. The van der Waals surface area contributed by atoms with Crippen LogP contribution < -0.4 is 5.32 Å². The molecule has 1 saturated heterocycles.